The van der Waals surface area contributed by atoms with Crippen LogP contribution in [-0.2, 0) is 6.54 Å². The van der Waals surface area contributed by atoms with Gasteiger partial charge in [-0.25, -0.2) is 9.97 Å². The first-order valence-corrected chi connectivity index (χ1v) is 10.1. The Balaban J connectivity index is 1.40. The average molecular weight is 407 g/mol. The number of rotatable bonds is 6. The zero-order chi connectivity index (χ0) is 21.0. The van der Waals surface area contributed by atoms with Gasteiger partial charge in [-0.1, -0.05) is 48.5 Å². The SMILES string of the molecule is O=C(NC(c1ccccc1)c1ccc2nc[nH]c2c1)c1ccc(Cn2ccnc2)cc1. The normalized spacial score (nSPS) is 12.0. The number of nitrogens with zero attached hydrogens (tertiary/aromatic N) is 3. The monoisotopic (exact) mass is 407 g/mol. The molecule has 2 heterocycles. The van der Waals surface area contributed by atoms with Crippen molar-refractivity contribution in [3.8, 4) is 0 Å². The number of aromatic amines is 1. The van der Waals surface area contributed by atoms with Gasteiger partial charge in [0.2, 0.25) is 0 Å². The molecule has 2 aromatic heterocycles. The molecule has 5 rings (SSSR count). The Morgan fingerprint density at radius 1 is 1.00 bits per heavy atom. The smallest absolute Gasteiger partial charge is 0.252 e. The lowest BCUT2D eigenvalue weighted by atomic mass is 9.97. The highest BCUT2D eigenvalue weighted by Crippen LogP contribution is 2.25. The van der Waals surface area contributed by atoms with E-state index in [1.54, 1.807) is 18.9 Å². The van der Waals surface area contributed by atoms with Crippen LogP contribution in [0, 0.1) is 0 Å². The molecule has 152 valence electrons. The van der Waals surface area contributed by atoms with Gasteiger partial charge < -0.3 is 14.9 Å². The Hall–Kier alpha value is -4.19. The zero-order valence-electron chi connectivity index (χ0n) is 16.8. The van der Waals surface area contributed by atoms with Crippen molar-refractivity contribution in [2.24, 2.45) is 0 Å². The molecule has 1 unspecified atom stereocenters. The van der Waals surface area contributed by atoms with Crippen molar-refractivity contribution in [1.29, 1.82) is 0 Å². The fraction of sp³-hybridized carbons (Fsp3) is 0.0800. The molecule has 0 bridgehead atoms. The highest BCUT2D eigenvalue weighted by molar-refractivity contribution is 5.94. The topological polar surface area (TPSA) is 75.6 Å². The number of carbonyl (C=O) groups is 1. The minimum Gasteiger partial charge on any atom is -0.345 e. The largest absolute Gasteiger partial charge is 0.345 e. The molecular weight excluding hydrogens is 386 g/mol. The molecule has 2 N–H and O–H groups in total. The van der Waals surface area contributed by atoms with Gasteiger partial charge in [-0.15, -0.1) is 0 Å². The van der Waals surface area contributed by atoms with Crippen LogP contribution in [0.5, 0.6) is 0 Å². The predicted octanol–water partition coefficient (Wildman–Crippen LogP) is 4.33. The van der Waals surface area contributed by atoms with Gasteiger partial charge in [-0.2, -0.15) is 0 Å². The molecule has 0 radical (unpaired) electrons. The molecule has 0 aliphatic rings. The Kier molecular flexibility index (Phi) is 5.02. The van der Waals surface area contributed by atoms with Gasteiger partial charge in [0.05, 0.1) is 29.7 Å². The molecule has 1 amide bonds. The van der Waals surface area contributed by atoms with E-state index in [-0.39, 0.29) is 11.9 Å². The Labute approximate surface area is 179 Å². The van der Waals surface area contributed by atoms with Gasteiger partial charge >= 0.3 is 0 Å². The Bertz CT molecular complexity index is 1290. The molecule has 0 aliphatic heterocycles. The first-order chi connectivity index (χ1) is 15.3. The van der Waals surface area contributed by atoms with Crippen LogP contribution in [0.4, 0.5) is 0 Å². The number of fused-ring (bicyclic) bond motifs is 1. The van der Waals surface area contributed by atoms with Crippen LogP contribution in [0.25, 0.3) is 11.0 Å². The van der Waals surface area contributed by atoms with Crippen LogP contribution in [0.2, 0.25) is 0 Å². The first-order valence-electron chi connectivity index (χ1n) is 10.1. The molecule has 0 aliphatic carbocycles. The maximum Gasteiger partial charge on any atom is 0.252 e. The number of H-pyrrole nitrogens is 1. The van der Waals surface area contributed by atoms with Gasteiger partial charge in [-0.3, -0.25) is 4.79 Å². The standard InChI is InChI=1S/C25H21N5O/c31-25(20-8-6-18(7-9-20)15-30-13-12-26-17-30)29-24(19-4-2-1-3-5-19)21-10-11-22-23(14-21)28-16-27-22/h1-14,16-17,24H,15H2,(H,27,28)(H,29,31). The molecule has 5 aromatic rings. The molecular formula is C25H21N5O. The summed E-state index contributed by atoms with van der Waals surface area (Å²) < 4.78 is 1.99. The lowest BCUT2D eigenvalue weighted by Gasteiger charge is -2.20. The summed E-state index contributed by atoms with van der Waals surface area (Å²) in [5.41, 5.74) is 5.59. The lowest BCUT2D eigenvalue weighted by molar-refractivity contribution is 0.0943. The highest BCUT2D eigenvalue weighted by Gasteiger charge is 2.18. The van der Waals surface area contributed by atoms with Crippen LogP contribution in [0.1, 0.15) is 33.1 Å². The third-order valence-electron chi connectivity index (χ3n) is 5.33. The van der Waals surface area contributed by atoms with Crippen LogP contribution >= 0.6 is 0 Å². The zero-order valence-corrected chi connectivity index (χ0v) is 16.8. The van der Waals surface area contributed by atoms with E-state index < -0.39 is 0 Å². The summed E-state index contributed by atoms with van der Waals surface area (Å²) in [4.78, 5) is 24.6. The van der Waals surface area contributed by atoms with Crippen LogP contribution in [0.15, 0.2) is 97.8 Å². The molecule has 6 nitrogen and oxygen atoms in total. The van der Waals surface area contributed by atoms with Gasteiger partial charge in [0, 0.05) is 24.5 Å². The summed E-state index contributed by atoms with van der Waals surface area (Å²) >= 11 is 0. The van der Waals surface area contributed by atoms with E-state index in [1.165, 1.54) is 0 Å². The summed E-state index contributed by atoms with van der Waals surface area (Å²) in [5, 5.41) is 3.20. The highest BCUT2D eigenvalue weighted by atomic mass is 16.1. The molecule has 0 saturated carbocycles. The summed E-state index contributed by atoms with van der Waals surface area (Å²) in [7, 11) is 0. The summed E-state index contributed by atoms with van der Waals surface area (Å²) in [6, 6.07) is 23.4. The minimum absolute atomic E-state index is 0.118. The van der Waals surface area contributed by atoms with Crippen LogP contribution < -0.4 is 5.32 Å². The van der Waals surface area contributed by atoms with E-state index in [0.29, 0.717) is 5.56 Å². The molecule has 1 atom stereocenters. The van der Waals surface area contributed by atoms with E-state index in [9.17, 15) is 4.79 Å². The van der Waals surface area contributed by atoms with Crippen molar-refractivity contribution in [3.05, 3.63) is 120 Å². The van der Waals surface area contributed by atoms with Crippen molar-refractivity contribution in [2.75, 3.05) is 0 Å². The number of hydrogen-bond donors (Lipinski definition) is 2. The quantitative estimate of drug-likeness (QED) is 0.440. The Morgan fingerprint density at radius 2 is 1.84 bits per heavy atom. The number of amides is 1. The molecule has 3 aromatic carbocycles. The van der Waals surface area contributed by atoms with E-state index in [1.807, 2.05) is 83.6 Å². The van der Waals surface area contributed by atoms with Crippen LogP contribution in [0.3, 0.4) is 0 Å². The average Bonchev–Trinajstić information content (AvgIpc) is 3.50. The van der Waals surface area contributed by atoms with E-state index in [4.69, 9.17) is 0 Å². The number of imidazole rings is 2. The second-order valence-corrected chi connectivity index (χ2v) is 7.43. The first kappa shape index (κ1) is 18.8. The third-order valence-corrected chi connectivity index (χ3v) is 5.33. The summed E-state index contributed by atoms with van der Waals surface area (Å²) in [5.74, 6) is -0.118. The van der Waals surface area contributed by atoms with Gasteiger partial charge in [0.15, 0.2) is 0 Å². The maximum absolute atomic E-state index is 13.1. The van der Waals surface area contributed by atoms with E-state index >= 15 is 0 Å². The minimum atomic E-state index is -0.271. The van der Waals surface area contributed by atoms with E-state index in [0.717, 1.165) is 34.3 Å². The Morgan fingerprint density at radius 3 is 2.61 bits per heavy atom. The second-order valence-electron chi connectivity index (χ2n) is 7.43. The van der Waals surface area contributed by atoms with Crippen molar-refractivity contribution in [2.45, 2.75) is 12.6 Å². The van der Waals surface area contributed by atoms with Crippen molar-refractivity contribution >= 4 is 16.9 Å². The summed E-state index contributed by atoms with van der Waals surface area (Å²) in [6.07, 6.45) is 7.13. The number of nitrogens with one attached hydrogen (secondary N) is 2. The third kappa shape index (κ3) is 4.09. The molecule has 0 spiro atoms. The predicted molar refractivity (Wildman–Crippen MR) is 120 cm³/mol. The fourth-order valence-corrected chi connectivity index (χ4v) is 3.70. The van der Waals surface area contributed by atoms with Crippen molar-refractivity contribution in [3.63, 3.8) is 0 Å². The second kappa shape index (κ2) is 8.28. The molecule has 0 saturated heterocycles. The van der Waals surface area contributed by atoms with Crippen molar-refractivity contribution < 1.29 is 4.79 Å². The molecule has 0 fully saturated rings. The fourth-order valence-electron chi connectivity index (χ4n) is 3.70. The van der Waals surface area contributed by atoms with Crippen molar-refractivity contribution in [1.82, 2.24) is 24.8 Å². The molecule has 31 heavy (non-hydrogen) atoms. The van der Waals surface area contributed by atoms with Gasteiger partial charge in [0.1, 0.15) is 0 Å². The summed E-state index contributed by atoms with van der Waals surface area (Å²) in [6.45, 7) is 0.721. The maximum atomic E-state index is 13.1. The number of carbonyl (C=O) groups excluding carboxylic acids is 1. The molecule has 6 heteroatoms. The number of aromatic nitrogens is 4. The number of benzene rings is 3. The lowest BCUT2D eigenvalue weighted by Crippen LogP contribution is -2.29. The van der Waals surface area contributed by atoms with Gasteiger partial charge in [-0.05, 0) is 41.0 Å². The van der Waals surface area contributed by atoms with Gasteiger partial charge in [0.25, 0.3) is 5.91 Å². The number of hydrogen-bond acceptors (Lipinski definition) is 3. The van der Waals surface area contributed by atoms with E-state index in [2.05, 4.69) is 20.3 Å². The van der Waals surface area contributed by atoms with Crippen LogP contribution in [-0.4, -0.2) is 25.4 Å².